The van der Waals surface area contributed by atoms with Crippen LogP contribution in [0.5, 0.6) is 0 Å². The van der Waals surface area contributed by atoms with Crippen molar-refractivity contribution in [2.75, 3.05) is 0 Å². The molecule has 0 amide bonds. The fourth-order valence-corrected chi connectivity index (χ4v) is 2.23. The molecular formula is C11H18N2. The Bertz CT molecular complexity index is 241. The van der Waals surface area contributed by atoms with Crippen LogP contribution >= 0.6 is 0 Å². The Morgan fingerprint density at radius 1 is 1.23 bits per heavy atom. The second kappa shape index (κ2) is 3.97. The molecule has 2 N–H and O–H groups in total. The van der Waals surface area contributed by atoms with Crippen molar-refractivity contribution in [2.45, 2.75) is 38.3 Å². The number of aryl methyl sites for hydroxylation is 1. The summed E-state index contributed by atoms with van der Waals surface area (Å²) in [5.41, 5.74) is 5.87. The first-order valence-electron chi connectivity index (χ1n) is 5.21. The highest BCUT2D eigenvalue weighted by atomic mass is 14.9. The Hall–Kier alpha value is -0.760. The smallest absolute Gasteiger partial charge is 0.0222 e. The molecular weight excluding hydrogens is 160 g/mol. The van der Waals surface area contributed by atoms with Gasteiger partial charge in [0.1, 0.15) is 0 Å². The van der Waals surface area contributed by atoms with Crippen molar-refractivity contribution in [3.63, 3.8) is 0 Å². The van der Waals surface area contributed by atoms with Gasteiger partial charge in [0.05, 0.1) is 0 Å². The van der Waals surface area contributed by atoms with Crippen LogP contribution in [0.4, 0.5) is 0 Å². The molecule has 1 aliphatic carbocycles. The van der Waals surface area contributed by atoms with E-state index in [1.165, 1.54) is 25.7 Å². The van der Waals surface area contributed by atoms with Crippen LogP contribution in [-0.2, 0) is 6.54 Å². The summed E-state index contributed by atoms with van der Waals surface area (Å²) in [5.74, 6) is 0.873. The molecule has 2 nitrogen and oxygen atoms in total. The van der Waals surface area contributed by atoms with Crippen molar-refractivity contribution < 1.29 is 0 Å². The van der Waals surface area contributed by atoms with Crippen LogP contribution in [0.1, 0.15) is 25.7 Å². The highest BCUT2D eigenvalue weighted by molar-refractivity contribution is 4.90. The Morgan fingerprint density at radius 3 is 2.62 bits per heavy atom. The van der Waals surface area contributed by atoms with E-state index in [0.29, 0.717) is 6.04 Å². The molecule has 1 fully saturated rings. The molecule has 0 bridgehead atoms. The van der Waals surface area contributed by atoms with Crippen molar-refractivity contribution in [3.05, 3.63) is 24.5 Å². The van der Waals surface area contributed by atoms with Gasteiger partial charge in [-0.05, 0) is 43.7 Å². The second-order valence-electron chi connectivity index (χ2n) is 4.15. The molecule has 0 radical (unpaired) electrons. The number of nitrogens with two attached hydrogens (primary N) is 1. The van der Waals surface area contributed by atoms with E-state index in [9.17, 15) is 0 Å². The molecule has 2 unspecified atom stereocenters. The van der Waals surface area contributed by atoms with E-state index in [4.69, 9.17) is 5.73 Å². The monoisotopic (exact) mass is 178 g/mol. The molecule has 2 rings (SSSR count). The minimum absolute atomic E-state index is 0.481. The van der Waals surface area contributed by atoms with Crippen LogP contribution in [0.15, 0.2) is 24.5 Å². The zero-order valence-corrected chi connectivity index (χ0v) is 8.02. The highest BCUT2D eigenvalue weighted by Crippen LogP contribution is 2.27. The predicted octanol–water partition coefficient (Wildman–Crippen LogP) is 2.01. The summed E-state index contributed by atoms with van der Waals surface area (Å²) in [5, 5.41) is 0. The van der Waals surface area contributed by atoms with Crippen molar-refractivity contribution in [1.29, 1.82) is 0 Å². The first-order valence-corrected chi connectivity index (χ1v) is 5.21. The predicted molar refractivity (Wildman–Crippen MR) is 54.4 cm³/mol. The maximum Gasteiger partial charge on any atom is 0.0222 e. The SMILES string of the molecule is NC1CCC(CCn2cccc2)C1. The van der Waals surface area contributed by atoms with Crippen LogP contribution in [0.3, 0.4) is 0 Å². The number of aromatic nitrogens is 1. The molecule has 72 valence electrons. The van der Waals surface area contributed by atoms with Gasteiger partial charge in [0.2, 0.25) is 0 Å². The third-order valence-electron chi connectivity index (χ3n) is 3.04. The van der Waals surface area contributed by atoms with Gasteiger partial charge >= 0.3 is 0 Å². The molecule has 1 aromatic rings. The van der Waals surface area contributed by atoms with Crippen LogP contribution in [0.25, 0.3) is 0 Å². The second-order valence-corrected chi connectivity index (χ2v) is 4.15. The maximum absolute atomic E-state index is 5.87. The summed E-state index contributed by atoms with van der Waals surface area (Å²) >= 11 is 0. The molecule has 1 aliphatic rings. The van der Waals surface area contributed by atoms with E-state index < -0.39 is 0 Å². The third kappa shape index (κ3) is 2.34. The van der Waals surface area contributed by atoms with E-state index in [0.717, 1.165) is 12.5 Å². The molecule has 0 aliphatic heterocycles. The third-order valence-corrected chi connectivity index (χ3v) is 3.04. The minimum Gasteiger partial charge on any atom is -0.354 e. The van der Waals surface area contributed by atoms with E-state index in [1.807, 2.05) is 0 Å². The zero-order valence-electron chi connectivity index (χ0n) is 8.02. The quantitative estimate of drug-likeness (QED) is 0.754. The molecule has 1 saturated carbocycles. The zero-order chi connectivity index (χ0) is 9.10. The fraction of sp³-hybridized carbons (Fsp3) is 0.636. The van der Waals surface area contributed by atoms with Gasteiger partial charge in [0.25, 0.3) is 0 Å². The number of hydrogen-bond acceptors (Lipinski definition) is 1. The van der Waals surface area contributed by atoms with Crippen LogP contribution in [0, 0.1) is 5.92 Å². The van der Waals surface area contributed by atoms with Crippen molar-refractivity contribution in [1.82, 2.24) is 4.57 Å². The van der Waals surface area contributed by atoms with Gasteiger partial charge in [-0.3, -0.25) is 0 Å². The standard InChI is InChI=1S/C11H18N2/c12-11-4-3-10(9-11)5-8-13-6-1-2-7-13/h1-2,6-7,10-11H,3-5,8-9,12H2. The first-order chi connectivity index (χ1) is 6.34. The largest absolute Gasteiger partial charge is 0.354 e. The Labute approximate surface area is 79.7 Å². The van der Waals surface area contributed by atoms with E-state index in [1.54, 1.807) is 0 Å². The maximum atomic E-state index is 5.87. The van der Waals surface area contributed by atoms with E-state index in [-0.39, 0.29) is 0 Å². The van der Waals surface area contributed by atoms with E-state index in [2.05, 4.69) is 29.1 Å². The summed E-state index contributed by atoms with van der Waals surface area (Å²) in [6, 6.07) is 4.65. The first kappa shape index (κ1) is 8.82. The lowest BCUT2D eigenvalue weighted by Crippen LogP contribution is -2.15. The molecule has 0 saturated heterocycles. The van der Waals surface area contributed by atoms with Crippen LogP contribution < -0.4 is 5.73 Å². The average Bonchev–Trinajstić information content (AvgIpc) is 2.71. The van der Waals surface area contributed by atoms with Crippen molar-refractivity contribution in [3.8, 4) is 0 Å². The summed E-state index contributed by atoms with van der Waals surface area (Å²) < 4.78 is 2.25. The molecule has 0 spiro atoms. The number of nitrogens with zero attached hydrogens (tertiary/aromatic N) is 1. The molecule has 1 heterocycles. The Morgan fingerprint density at radius 2 is 2.00 bits per heavy atom. The van der Waals surface area contributed by atoms with Gasteiger partial charge in [0, 0.05) is 25.0 Å². The molecule has 0 aromatic carbocycles. The fourth-order valence-electron chi connectivity index (χ4n) is 2.23. The number of hydrogen-bond donors (Lipinski definition) is 1. The average molecular weight is 178 g/mol. The highest BCUT2D eigenvalue weighted by Gasteiger charge is 2.20. The number of rotatable bonds is 3. The molecule has 2 atom stereocenters. The summed E-state index contributed by atoms with van der Waals surface area (Å²) in [6.45, 7) is 1.16. The van der Waals surface area contributed by atoms with Crippen LogP contribution in [-0.4, -0.2) is 10.6 Å². The Balaban J connectivity index is 1.74. The lowest BCUT2D eigenvalue weighted by molar-refractivity contribution is 0.453. The van der Waals surface area contributed by atoms with Gasteiger partial charge in [-0.2, -0.15) is 0 Å². The topological polar surface area (TPSA) is 30.9 Å². The minimum atomic E-state index is 0.481. The van der Waals surface area contributed by atoms with Gasteiger partial charge in [0.15, 0.2) is 0 Å². The van der Waals surface area contributed by atoms with Gasteiger partial charge in [-0.15, -0.1) is 0 Å². The molecule has 13 heavy (non-hydrogen) atoms. The van der Waals surface area contributed by atoms with Crippen LogP contribution in [0.2, 0.25) is 0 Å². The molecule has 1 aromatic heterocycles. The van der Waals surface area contributed by atoms with Crippen molar-refractivity contribution >= 4 is 0 Å². The summed E-state index contributed by atoms with van der Waals surface area (Å²) in [6.07, 6.45) is 9.37. The summed E-state index contributed by atoms with van der Waals surface area (Å²) in [7, 11) is 0. The van der Waals surface area contributed by atoms with Crippen molar-refractivity contribution in [2.24, 2.45) is 11.7 Å². The normalized spacial score (nSPS) is 28.1. The Kier molecular flexibility index (Phi) is 2.69. The van der Waals surface area contributed by atoms with Gasteiger partial charge in [-0.25, -0.2) is 0 Å². The van der Waals surface area contributed by atoms with Gasteiger partial charge in [-0.1, -0.05) is 0 Å². The summed E-state index contributed by atoms with van der Waals surface area (Å²) in [4.78, 5) is 0. The lowest BCUT2D eigenvalue weighted by atomic mass is 10.0. The lowest BCUT2D eigenvalue weighted by Gasteiger charge is -2.09. The van der Waals surface area contributed by atoms with E-state index >= 15 is 0 Å². The molecule has 2 heteroatoms. The van der Waals surface area contributed by atoms with Gasteiger partial charge < -0.3 is 10.3 Å².